The average Bonchev–Trinajstić information content (AvgIpc) is 3.54. The van der Waals surface area contributed by atoms with Gasteiger partial charge in [-0.2, -0.15) is 0 Å². The number of hydrogen-bond acceptors (Lipinski definition) is 5. The molecule has 0 N–H and O–H groups in total. The summed E-state index contributed by atoms with van der Waals surface area (Å²) in [5.41, 5.74) is 9.00. The molecule has 0 unspecified atom stereocenters. The van der Waals surface area contributed by atoms with Crippen LogP contribution in [0, 0.1) is 0 Å². The first-order chi connectivity index (χ1) is 23.3. The van der Waals surface area contributed by atoms with Crippen LogP contribution in [0.1, 0.15) is 0 Å². The lowest BCUT2D eigenvalue weighted by Crippen LogP contribution is -2.00. The number of rotatable bonds is 5. The summed E-state index contributed by atoms with van der Waals surface area (Å²) in [5, 5.41) is 4.01. The van der Waals surface area contributed by atoms with Gasteiger partial charge in [0.05, 0.1) is 0 Å². The van der Waals surface area contributed by atoms with E-state index in [1.54, 1.807) is 6.20 Å². The van der Waals surface area contributed by atoms with E-state index in [1.165, 1.54) is 11.1 Å². The standard InChI is InChI=1S/C42H26N4O/c1-3-8-27(9-4-1)28-14-16-29(17-15-28)30-18-20-33(21-19-30)41-44-40(32-10-5-2-6-11-32)45-42(46-41)35-13-7-12-31-22-23-34-36-26-43-25-24-37(36)47-39(34)38(31)35/h1-26H. The maximum atomic E-state index is 6.43. The van der Waals surface area contributed by atoms with E-state index in [2.05, 4.69) is 102 Å². The molecule has 6 aromatic carbocycles. The minimum atomic E-state index is 0.589. The largest absolute Gasteiger partial charge is 0.455 e. The molecule has 0 aliphatic carbocycles. The minimum Gasteiger partial charge on any atom is -0.455 e. The maximum absolute atomic E-state index is 6.43. The summed E-state index contributed by atoms with van der Waals surface area (Å²) < 4.78 is 6.43. The molecule has 0 spiro atoms. The predicted molar refractivity (Wildman–Crippen MR) is 190 cm³/mol. The molecule has 0 atom stereocenters. The Morgan fingerprint density at radius 3 is 1.62 bits per heavy atom. The van der Waals surface area contributed by atoms with Gasteiger partial charge in [0, 0.05) is 45.2 Å². The third kappa shape index (κ3) is 4.82. The summed E-state index contributed by atoms with van der Waals surface area (Å²) in [6.07, 6.45) is 3.61. The molecule has 0 radical (unpaired) electrons. The highest BCUT2D eigenvalue weighted by Gasteiger charge is 2.18. The van der Waals surface area contributed by atoms with Crippen molar-refractivity contribution in [3.05, 3.63) is 158 Å². The monoisotopic (exact) mass is 602 g/mol. The van der Waals surface area contributed by atoms with Gasteiger partial charge in [0.1, 0.15) is 11.2 Å². The van der Waals surface area contributed by atoms with Gasteiger partial charge in [-0.1, -0.05) is 133 Å². The Hall–Kier alpha value is -6.46. The van der Waals surface area contributed by atoms with E-state index in [-0.39, 0.29) is 0 Å². The third-order valence-electron chi connectivity index (χ3n) is 8.66. The fraction of sp³-hybridized carbons (Fsp3) is 0. The number of nitrogens with zero attached hydrogens (tertiary/aromatic N) is 4. The van der Waals surface area contributed by atoms with E-state index in [0.717, 1.165) is 60.5 Å². The Balaban J connectivity index is 1.17. The van der Waals surface area contributed by atoms with Crippen LogP contribution in [-0.4, -0.2) is 19.9 Å². The molecule has 9 aromatic rings. The van der Waals surface area contributed by atoms with Crippen molar-refractivity contribution in [2.45, 2.75) is 0 Å². The van der Waals surface area contributed by atoms with Crippen LogP contribution in [-0.2, 0) is 0 Å². The second kappa shape index (κ2) is 11.2. The van der Waals surface area contributed by atoms with Crippen molar-refractivity contribution in [1.82, 2.24) is 19.9 Å². The molecule has 0 saturated carbocycles. The van der Waals surface area contributed by atoms with E-state index >= 15 is 0 Å². The highest BCUT2D eigenvalue weighted by molar-refractivity contribution is 6.18. The summed E-state index contributed by atoms with van der Waals surface area (Å²) in [7, 11) is 0. The highest BCUT2D eigenvalue weighted by atomic mass is 16.3. The molecule has 3 aromatic heterocycles. The minimum absolute atomic E-state index is 0.589. The summed E-state index contributed by atoms with van der Waals surface area (Å²) in [4.78, 5) is 19.4. The summed E-state index contributed by atoms with van der Waals surface area (Å²) >= 11 is 0. The van der Waals surface area contributed by atoms with Gasteiger partial charge in [0.25, 0.3) is 0 Å². The first-order valence-corrected chi connectivity index (χ1v) is 15.5. The molecule has 0 saturated heterocycles. The van der Waals surface area contributed by atoms with Gasteiger partial charge in [-0.05, 0) is 39.8 Å². The molecule has 0 bridgehead atoms. The topological polar surface area (TPSA) is 64.7 Å². The van der Waals surface area contributed by atoms with Crippen LogP contribution in [0.25, 0.3) is 89.1 Å². The molecule has 220 valence electrons. The molecule has 0 aliphatic heterocycles. The molecule has 0 aliphatic rings. The van der Waals surface area contributed by atoms with Gasteiger partial charge in [0.2, 0.25) is 0 Å². The lowest BCUT2D eigenvalue weighted by molar-refractivity contribution is 0.672. The van der Waals surface area contributed by atoms with Crippen LogP contribution in [0.5, 0.6) is 0 Å². The number of benzene rings is 6. The number of furan rings is 1. The zero-order valence-electron chi connectivity index (χ0n) is 25.2. The molecular weight excluding hydrogens is 576 g/mol. The quantitative estimate of drug-likeness (QED) is 0.196. The van der Waals surface area contributed by atoms with Crippen LogP contribution in [0.4, 0.5) is 0 Å². The van der Waals surface area contributed by atoms with Gasteiger partial charge in [-0.15, -0.1) is 0 Å². The Labute approximate surface area is 270 Å². The van der Waals surface area contributed by atoms with Crippen LogP contribution in [0.3, 0.4) is 0 Å². The van der Waals surface area contributed by atoms with Gasteiger partial charge < -0.3 is 4.42 Å². The van der Waals surface area contributed by atoms with Crippen molar-refractivity contribution >= 4 is 32.7 Å². The predicted octanol–water partition coefficient (Wildman–Crippen LogP) is 10.7. The number of aromatic nitrogens is 4. The molecular formula is C42H26N4O. The molecule has 0 amide bonds. The Morgan fingerprint density at radius 2 is 0.957 bits per heavy atom. The zero-order valence-corrected chi connectivity index (χ0v) is 25.2. The van der Waals surface area contributed by atoms with E-state index in [4.69, 9.17) is 19.4 Å². The van der Waals surface area contributed by atoms with Gasteiger partial charge in [-0.25, -0.2) is 15.0 Å². The second-order valence-corrected chi connectivity index (χ2v) is 11.5. The van der Waals surface area contributed by atoms with Crippen molar-refractivity contribution in [2.75, 3.05) is 0 Å². The second-order valence-electron chi connectivity index (χ2n) is 11.5. The highest BCUT2D eigenvalue weighted by Crippen LogP contribution is 2.38. The number of pyridine rings is 1. The van der Waals surface area contributed by atoms with Gasteiger partial charge in [-0.3, -0.25) is 4.98 Å². The van der Waals surface area contributed by atoms with Crippen LogP contribution < -0.4 is 0 Å². The van der Waals surface area contributed by atoms with E-state index in [1.807, 2.05) is 54.7 Å². The summed E-state index contributed by atoms with van der Waals surface area (Å²) in [6.45, 7) is 0. The van der Waals surface area contributed by atoms with Crippen molar-refractivity contribution in [2.24, 2.45) is 0 Å². The molecule has 5 heteroatoms. The van der Waals surface area contributed by atoms with E-state index in [0.29, 0.717) is 17.5 Å². The normalized spacial score (nSPS) is 11.4. The number of fused-ring (bicyclic) bond motifs is 5. The van der Waals surface area contributed by atoms with Crippen molar-refractivity contribution < 1.29 is 4.42 Å². The third-order valence-corrected chi connectivity index (χ3v) is 8.66. The molecule has 5 nitrogen and oxygen atoms in total. The van der Waals surface area contributed by atoms with Crippen molar-refractivity contribution in [3.8, 4) is 56.4 Å². The Morgan fingerprint density at radius 1 is 0.404 bits per heavy atom. The van der Waals surface area contributed by atoms with E-state index in [9.17, 15) is 0 Å². The SMILES string of the molecule is c1ccc(-c2ccc(-c3ccc(-c4nc(-c5ccccc5)nc(-c5cccc6ccc7c8cnccc8oc7c56)n4)cc3)cc2)cc1. The maximum Gasteiger partial charge on any atom is 0.164 e. The first-order valence-electron chi connectivity index (χ1n) is 15.5. The Kier molecular flexibility index (Phi) is 6.39. The lowest BCUT2D eigenvalue weighted by atomic mass is 9.99. The molecule has 0 fully saturated rings. The number of hydrogen-bond donors (Lipinski definition) is 0. The van der Waals surface area contributed by atoms with Gasteiger partial charge in [0.15, 0.2) is 17.5 Å². The average molecular weight is 603 g/mol. The van der Waals surface area contributed by atoms with Crippen LogP contribution in [0.15, 0.2) is 162 Å². The zero-order chi connectivity index (χ0) is 31.2. The van der Waals surface area contributed by atoms with Gasteiger partial charge >= 0.3 is 0 Å². The fourth-order valence-electron chi connectivity index (χ4n) is 6.27. The van der Waals surface area contributed by atoms with Crippen LogP contribution >= 0.6 is 0 Å². The molecule has 47 heavy (non-hydrogen) atoms. The van der Waals surface area contributed by atoms with Crippen molar-refractivity contribution in [3.63, 3.8) is 0 Å². The smallest absolute Gasteiger partial charge is 0.164 e. The Bertz CT molecular complexity index is 2540. The summed E-state index contributed by atoms with van der Waals surface area (Å²) in [6, 6.07) is 49.9. The fourth-order valence-corrected chi connectivity index (χ4v) is 6.27. The van der Waals surface area contributed by atoms with E-state index < -0.39 is 0 Å². The summed E-state index contributed by atoms with van der Waals surface area (Å²) in [5.74, 6) is 1.81. The van der Waals surface area contributed by atoms with Crippen molar-refractivity contribution in [1.29, 1.82) is 0 Å². The lowest BCUT2D eigenvalue weighted by Gasteiger charge is -2.11. The first kappa shape index (κ1) is 26.9. The van der Waals surface area contributed by atoms with Crippen LogP contribution in [0.2, 0.25) is 0 Å². The molecule has 3 heterocycles. The molecule has 9 rings (SSSR count).